The quantitative estimate of drug-likeness (QED) is 0.151. The van der Waals surface area contributed by atoms with Gasteiger partial charge in [0.1, 0.15) is 5.70 Å². The van der Waals surface area contributed by atoms with E-state index in [2.05, 4.69) is 10.6 Å². The van der Waals surface area contributed by atoms with Gasteiger partial charge in [-0.3, -0.25) is 9.59 Å². The van der Waals surface area contributed by atoms with E-state index in [9.17, 15) is 45.3 Å². The lowest BCUT2D eigenvalue weighted by Crippen LogP contribution is -2.44. The Morgan fingerprint density at radius 2 is 1.34 bits per heavy atom. The van der Waals surface area contributed by atoms with Crippen molar-refractivity contribution in [2.45, 2.75) is 12.5 Å². The Balaban J connectivity index is 1.82. The number of phenolic OH excluding ortho intramolecular Hbond substituents is 7. The monoisotopic (exact) mass is 523 g/mol. The zero-order valence-electron chi connectivity index (χ0n) is 19.7. The number of carbonyl (C=O) groups excluding carboxylic acids is 2. The molecule has 3 aromatic rings. The number of amides is 2. The number of hydrogen-bond acceptors (Lipinski definition) is 10. The average molecular weight is 523 g/mol. The highest BCUT2D eigenvalue weighted by Crippen LogP contribution is 2.36. The van der Waals surface area contributed by atoms with E-state index in [0.717, 1.165) is 18.2 Å². The Kier molecular flexibility index (Phi) is 8.30. The lowest BCUT2D eigenvalue weighted by molar-refractivity contribution is -0.124. The van der Waals surface area contributed by atoms with Crippen LogP contribution in [0.25, 0.3) is 12.2 Å². The maximum absolute atomic E-state index is 12.9. The van der Waals surface area contributed by atoms with Crippen LogP contribution in [0.15, 0.2) is 60.4 Å². The Hall–Kier alpha value is -5.36. The lowest BCUT2D eigenvalue weighted by Gasteiger charge is -2.15. The van der Waals surface area contributed by atoms with Gasteiger partial charge in [-0.2, -0.15) is 0 Å². The molecule has 0 aromatic heterocycles. The molecular formula is C26H25N3O9. The van der Waals surface area contributed by atoms with Gasteiger partial charge in [0.25, 0.3) is 5.91 Å². The van der Waals surface area contributed by atoms with Crippen molar-refractivity contribution < 1.29 is 45.3 Å². The highest BCUT2D eigenvalue weighted by molar-refractivity contribution is 6.02. The smallest absolute Gasteiger partial charge is 0.271 e. The molecule has 38 heavy (non-hydrogen) atoms. The second-order valence-corrected chi connectivity index (χ2v) is 8.14. The topological polar surface area (TPSA) is 226 Å². The Morgan fingerprint density at radius 3 is 1.95 bits per heavy atom. The molecule has 11 N–H and O–H groups in total. The number of aromatic hydroxyl groups is 7. The summed E-state index contributed by atoms with van der Waals surface area (Å²) in [6, 6.07) is 8.80. The van der Waals surface area contributed by atoms with Gasteiger partial charge >= 0.3 is 0 Å². The molecule has 0 unspecified atom stereocenters. The molecule has 0 spiro atoms. The molecule has 1 atom stereocenters. The number of nitrogens with one attached hydrogen (secondary N) is 2. The second kappa shape index (κ2) is 11.6. The van der Waals surface area contributed by atoms with Crippen molar-refractivity contribution in [3.05, 3.63) is 77.1 Å². The largest absolute Gasteiger partial charge is 0.504 e. The molecule has 12 nitrogen and oxygen atoms in total. The van der Waals surface area contributed by atoms with Gasteiger partial charge in [-0.05, 0) is 71.7 Å². The second-order valence-electron chi connectivity index (χ2n) is 8.14. The number of rotatable bonds is 8. The number of benzene rings is 3. The molecule has 3 rings (SSSR count). The lowest BCUT2D eigenvalue weighted by atomic mass is 10.0. The van der Waals surface area contributed by atoms with E-state index >= 15 is 0 Å². The molecule has 0 aliphatic carbocycles. The van der Waals surface area contributed by atoms with Crippen LogP contribution in [0.4, 0.5) is 0 Å². The van der Waals surface area contributed by atoms with Crippen LogP contribution in [0.2, 0.25) is 0 Å². The zero-order chi connectivity index (χ0) is 28.0. The van der Waals surface area contributed by atoms with Crippen LogP contribution >= 0.6 is 0 Å². The maximum atomic E-state index is 12.9. The van der Waals surface area contributed by atoms with Crippen molar-refractivity contribution in [1.82, 2.24) is 10.6 Å². The van der Waals surface area contributed by atoms with Crippen LogP contribution in [0, 0.1) is 0 Å². The van der Waals surface area contributed by atoms with Crippen LogP contribution in [0.1, 0.15) is 16.7 Å². The van der Waals surface area contributed by atoms with E-state index in [1.165, 1.54) is 48.7 Å². The fourth-order valence-electron chi connectivity index (χ4n) is 3.24. The molecule has 3 aromatic carbocycles. The van der Waals surface area contributed by atoms with Crippen molar-refractivity contribution in [1.29, 1.82) is 0 Å². The van der Waals surface area contributed by atoms with E-state index in [1.807, 2.05) is 0 Å². The molecule has 198 valence electrons. The zero-order valence-corrected chi connectivity index (χ0v) is 19.7. The van der Waals surface area contributed by atoms with Crippen molar-refractivity contribution in [3.63, 3.8) is 0 Å². The van der Waals surface area contributed by atoms with Gasteiger partial charge in [0.15, 0.2) is 40.2 Å². The van der Waals surface area contributed by atoms with Gasteiger partial charge in [0.2, 0.25) is 5.91 Å². The van der Waals surface area contributed by atoms with Gasteiger partial charge < -0.3 is 52.1 Å². The van der Waals surface area contributed by atoms with E-state index in [1.54, 1.807) is 0 Å². The minimum absolute atomic E-state index is 0.0488. The first-order valence-corrected chi connectivity index (χ1v) is 11.0. The molecular weight excluding hydrogens is 498 g/mol. The summed E-state index contributed by atoms with van der Waals surface area (Å²) in [5.41, 5.74) is 6.54. The first kappa shape index (κ1) is 27.2. The highest BCUT2D eigenvalue weighted by Gasteiger charge is 2.20. The van der Waals surface area contributed by atoms with E-state index in [-0.39, 0.29) is 34.9 Å². The SMILES string of the molecule is N[C@@H](Cc1ccc(O)c(O)c1)C(=O)N/C(=C\c1cc(O)c(O)c(O)c1)C(=O)N/C=C/c1ccc(O)c(O)c1. The van der Waals surface area contributed by atoms with E-state index in [0.29, 0.717) is 11.1 Å². The molecule has 0 saturated carbocycles. The third-order valence-corrected chi connectivity index (χ3v) is 5.23. The Morgan fingerprint density at radius 1 is 0.763 bits per heavy atom. The third kappa shape index (κ3) is 6.86. The van der Waals surface area contributed by atoms with Gasteiger partial charge in [-0.1, -0.05) is 12.1 Å². The fourth-order valence-corrected chi connectivity index (χ4v) is 3.24. The van der Waals surface area contributed by atoms with E-state index < -0.39 is 40.9 Å². The number of hydrogen-bond donors (Lipinski definition) is 10. The number of carbonyl (C=O) groups is 2. The van der Waals surface area contributed by atoms with Crippen LogP contribution in [0.3, 0.4) is 0 Å². The molecule has 0 bridgehead atoms. The minimum Gasteiger partial charge on any atom is -0.504 e. The van der Waals surface area contributed by atoms with Gasteiger partial charge in [-0.25, -0.2) is 0 Å². The number of nitrogens with two attached hydrogens (primary N) is 1. The summed E-state index contributed by atoms with van der Waals surface area (Å²) in [7, 11) is 0. The van der Waals surface area contributed by atoms with Gasteiger partial charge in [0.05, 0.1) is 6.04 Å². The predicted octanol–water partition coefficient (Wildman–Crippen LogP) is 1.44. The summed E-state index contributed by atoms with van der Waals surface area (Å²) in [4.78, 5) is 25.7. The molecule has 12 heteroatoms. The number of phenols is 7. The van der Waals surface area contributed by atoms with Crippen LogP contribution in [-0.4, -0.2) is 53.6 Å². The summed E-state index contributed by atoms with van der Waals surface area (Å²) in [6.07, 6.45) is 3.67. The van der Waals surface area contributed by atoms with Crippen molar-refractivity contribution >= 4 is 24.0 Å². The van der Waals surface area contributed by atoms with Crippen molar-refractivity contribution in [3.8, 4) is 40.2 Å². The summed E-state index contributed by atoms with van der Waals surface area (Å²) in [6.45, 7) is 0. The molecule has 0 radical (unpaired) electrons. The molecule has 0 aliphatic rings. The standard InChI is InChI=1S/C26H25N3O9/c27-16(7-14-2-4-19(31)21(33)10-14)25(37)29-17(8-15-11-22(34)24(36)23(35)12-15)26(38)28-6-5-13-1-3-18(30)20(32)9-13/h1-6,8-12,16,30-36H,7,27H2,(H,28,38)(H,29,37)/b6-5+,17-8-/t16-/m0/s1. The highest BCUT2D eigenvalue weighted by atomic mass is 16.3. The van der Waals surface area contributed by atoms with Crippen LogP contribution < -0.4 is 16.4 Å². The predicted molar refractivity (Wildman–Crippen MR) is 136 cm³/mol. The Bertz CT molecular complexity index is 1410. The summed E-state index contributed by atoms with van der Waals surface area (Å²) in [5, 5.41) is 72.0. The van der Waals surface area contributed by atoms with Crippen molar-refractivity contribution in [2.75, 3.05) is 0 Å². The maximum Gasteiger partial charge on any atom is 0.271 e. The first-order chi connectivity index (χ1) is 17.9. The van der Waals surface area contributed by atoms with E-state index in [4.69, 9.17) is 5.73 Å². The van der Waals surface area contributed by atoms with Crippen molar-refractivity contribution in [2.24, 2.45) is 5.73 Å². The van der Waals surface area contributed by atoms with Crippen LogP contribution in [-0.2, 0) is 16.0 Å². The molecule has 0 aliphatic heterocycles. The Labute approximate surface area is 215 Å². The fraction of sp³-hybridized carbons (Fsp3) is 0.0769. The van der Waals surface area contributed by atoms with Gasteiger partial charge in [0, 0.05) is 6.20 Å². The molecule has 2 amide bonds. The first-order valence-electron chi connectivity index (χ1n) is 11.0. The summed E-state index contributed by atoms with van der Waals surface area (Å²) < 4.78 is 0. The minimum atomic E-state index is -1.19. The average Bonchev–Trinajstić information content (AvgIpc) is 2.86. The summed E-state index contributed by atoms with van der Waals surface area (Å²) in [5.74, 6) is -5.15. The normalized spacial score (nSPS) is 12.3. The summed E-state index contributed by atoms with van der Waals surface area (Å²) >= 11 is 0. The molecule has 0 heterocycles. The van der Waals surface area contributed by atoms with Gasteiger partial charge in [-0.15, -0.1) is 0 Å². The molecule has 0 saturated heterocycles. The van der Waals surface area contributed by atoms with Crippen LogP contribution in [0.5, 0.6) is 40.2 Å². The molecule has 0 fully saturated rings. The third-order valence-electron chi connectivity index (χ3n) is 5.23.